The summed E-state index contributed by atoms with van der Waals surface area (Å²) in [5.41, 5.74) is 2.06. The van der Waals surface area contributed by atoms with Crippen molar-refractivity contribution in [1.82, 2.24) is 20.2 Å². The first-order chi connectivity index (χ1) is 20.5. The Balaban J connectivity index is 1.22. The Morgan fingerprint density at radius 2 is 1.86 bits per heavy atom. The number of carboxylic acids is 1. The van der Waals surface area contributed by atoms with Crippen LogP contribution in [0.4, 0.5) is 35.4 Å². The molecule has 14 heteroatoms. The van der Waals surface area contributed by atoms with Gasteiger partial charge in [-0.25, -0.2) is 9.78 Å². The van der Waals surface area contributed by atoms with Crippen molar-refractivity contribution in [1.29, 1.82) is 0 Å². The van der Waals surface area contributed by atoms with Gasteiger partial charge in [-0.05, 0) is 48.1 Å². The summed E-state index contributed by atoms with van der Waals surface area (Å²) in [4.78, 5) is 46.4. The number of rotatable bonds is 10. The van der Waals surface area contributed by atoms with Crippen molar-refractivity contribution in [2.24, 2.45) is 0 Å². The molecule has 1 atom stereocenters. The van der Waals surface area contributed by atoms with E-state index in [-0.39, 0.29) is 37.5 Å². The van der Waals surface area contributed by atoms with E-state index in [1.807, 2.05) is 6.07 Å². The number of alkyl halides is 3. The summed E-state index contributed by atoms with van der Waals surface area (Å²) in [6, 6.07) is 12.8. The van der Waals surface area contributed by atoms with Crippen LogP contribution in [-0.2, 0) is 40.1 Å². The summed E-state index contributed by atoms with van der Waals surface area (Å²) >= 11 is 0. The van der Waals surface area contributed by atoms with E-state index in [1.54, 1.807) is 42.5 Å². The lowest BCUT2D eigenvalue weighted by Crippen LogP contribution is -2.50. The van der Waals surface area contributed by atoms with Gasteiger partial charge in [0.05, 0.1) is 6.42 Å². The third kappa shape index (κ3) is 7.90. The van der Waals surface area contributed by atoms with Crippen LogP contribution in [-0.4, -0.2) is 56.6 Å². The van der Waals surface area contributed by atoms with Gasteiger partial charge in [-0.3, -0.25) is 9.59 Å². The number of amides is 2. The molecule has 1 aliphatic carbocycles. The average molecular weight is 599 g/mol. The summed E-state index contributed by atoms with van der Waals surface area (Å²) in [6.45, 7) is 0.403. The average Bonchev–Trinajstić information content (AvgIpc) is 3.79. The maximum Gasteiger partial charge on any atom is 0.421 e. The molecule has 0 unspecified atom stereocenters. The Kier molecular flexibility index (Phi) is 8.64. The number of hydrogen-bond acceptors (Lipinski definition) is 8. The van der Waals surface area contributed by atoms with Crippen LogP contribution < -0.4 is 16.0 Å². The second kappa shape index (κ2) is 12.5. The van der Waals surface area contributed by atoms with Gasteiger partial charge in [0.25, 0.3) is 0 Å². The van der Waals surface area contributed by atoms with Crippen molar-refractivity contribution < 1.29 is 37.4 Å². The molecule has 0 bridgehead atoms. The number of ether oxygens (including phenoxy) is 1. The van der Waals surface area contributed by atoms with Gasteiger partial charge < -0.3 is 30.7 Å². The van der Waals surface area contributed by atoms with Gasteiger partial charge in [0.2, 0.25) is 11.9 Å². The first kappa shape index (κ1) is 29.6. The largest absolute Gasteiger partial charge is 0.481 e. The molecule has 2 amide bonds. The number of fused-ring (bicyclic) bond motifs is 1. The second-order valence-corrected chi connectivity index (χ2v) is 10.3. The van der Waals surface area contributed by atoms with Crippen LogP contribution in [0.3, 0.4) is 0 Å². The number of nitrogens with one attached hydrogen (secondary N) is 3. The Morgan fingerprint density at radius 1 is 1.09 bits per heavy atom. The number of aromatic nitrogens is 2. The third-order valence-electron chi connectivity index (χ3n) is 6.98. The number of carboxylic acid groups (broad SMARTS) is 1. The SMILES string of the molecule is O=C(O)C[C@H](NC(=O)OCc1ccccc1)C(=O)N1CCc2cc(Nc3ncc(C(F)(F)F)c(NC4CC4)n3)ccc2C1. The molecule has 1 aliphatic heterocycles. The molecule has 226 valence electrons. The van der Waals surface area contributed by atoms with E-state index in [0.717, 1.165) is 35.7 Å². The number of nitrogens with zero attached hydrogens (tertiary/aromatic N) is 3. The van der Waals surface area contributed by atoms with E-state index in [9.17, 15) is 32.7 Å². The molecule has 2 aromatic carbocycles. The number of hydrogen-bond donors (Lipinski definition) is 4. The minimum atomic E-state index is -4.59. The summed E-state index contributed by atoms with van der Waals surface area (Å²) in [6.07, 6.45) is -3.38. The molecule has 0 spiro atoms. The smallest absolute Gasteiger partial charge is 0.421 e. The third-order valence-corrected chi connectivity index (χ3v) is 6.98. The molecule has 2 aliphatic rings. The van der Waals surface area contributed by atoms with Crippen LogP contribution >= 0.6 is 0 Å². The van der Waals surface area contributed by atoms with Crippen LogP contribution in [0.2, 0.25) is 0 Å². The Morgan fingerprint density at radius 3 is 2.56 bits per heavy atom. The number of anilines is 3. The molecule has 2 heterocycles. The Hall–Kier alpha value is -4.88. The summed E-state index contributed by atoms with van der Waals surface area (Å²) in [7, 11) is 0. The van der Waals surface area contributed by atoms with E-state index in [2.05, 4.69) is 25.9 Å². The lowest BCUT2D eigenvalue weighted by atomic mass is 9.98. The number of carbonyl (C=O) groups is 3. The van der Waals surface area contributed by atoms with E-state index in [0.29, 0.717) is 12.1 Å². The van der Waals surface area contributed by atoms with Gasteiger partial charge in [0, 0.05) is 31.0 Å². The van der Waals surface area contributed by atoms with Crippen LogP contribution in [0.25, 0.3) is 0 Å². The maximum absolute atomic E-state index is 13.4. The van der Waals surface area contributed by atoms with Crippen LogP contribution in [0.15, 0.2) is 54.7 Å². The highest BCUT2D eigenvalue weighted by Gasteiger charge is 2.37. The lowest BCUT2D eigenvalue weighted by Gasteiger charge is -2.32. The van der Waals surface area contributed by atoms with E-state index >= 15 is 0 Å². The molecule has 1 fully saturated rings. The summed E-state index contributed by atoms with van der Waals surface area (Å²) < 4.78 is 45.4. The fourth-order valence-electron chi connectivity index (χ4n) is 4.63. The predicted octanol–water partition coefficient (Wildman–Crippen LogP) is 4.47. The fraction of sp³-hybridized carbons (Fsp3) is 0.345. The topological polar surface area (TPSA) is 146 Å². The maximum atomic E-state index is 13.4. The number of halogens is 3. The molecule has 0 radical (unpaired) electrons. The van der Waals surface area contributed by atoms with Crippen LogP contribution in [0.5, 0.6) is 0 Å². The highest BCUT2D eigenvalue weighted by molar-refractivity contribution is 5.89. The molecule has 3 aromatic rings. The van der Waals surface area contributed by atoms with Gasteiger partial charge in [-0.2, -0.15) is 18.2 Å². The first-order valence-corrected chi connectivity index (χ1v) is 13.6. The van der Waals surface area contributed by atoms with Crippen molar-refractivity contribution >= 4 is 35.4 Å². The normalized spacial score (nSPS) is 15.2. The molecule has 1 saturated carbocycles. The molecule has 4 N–H and O–H groups in total. The highest BCUT2D eigenvalue weighted by atomic mass is 19.4. The van der Waals surface area contributed by atoms with Gasteiger partial charge in [-0.15, -0.1) is 0 Å². The first-order valence-electron chi connectivity index (χ1n) is 13.6. The van der Waals surface area contributed by atoms with Crippen molar-refractivity contribution in [3.63, 3.8) is 0 Å². The van der Waals surface area contributed by atoms with Crippen LogP contribution in [0, 0.1) is 0 Å². The van der Waals surface area contributed by atoms with Crippen molar-refractivity contribution in [2.45, 2.75) is 57.1 Å². The molecule has 1 aromatic heterocycles. The van der Waals surface area contributed by atoms with Gasteiger partial charge >= 0.3 is 18.2 Å². The second-order valence-electron chi connectivity index (χ2n) is 10.3. The van der Waals surface area contributed by atoms with E-state index < -0.39 is 42.2 Å². The zero-order valence-corrected chi connectivity index (χ0v) is 22.9. The van der Waals surface area contributed by atoms with Crippen LogP contribution in [0.1, 0.15) is 41.5 Å². The Bertz CT molecular complexity index is 1500. The van der Waals surface area contributed by atoms with Gasteiger partial charge in [0.15, 0.2) is 0 Å². The summed E-state index contributed by atoms with van der Waals surface area (Å²) in [5, 5.41) is 17.5. The minimum Gasteiger partial charge on any atom is -0.481 e. The number of aliphatic carboxylic acids is 1. The lowest BCUT2D eigenvalue weighted by molar-refractivity contribution is -0.143. The highest BCUT2D eigenvalue weighted by Crippen LogP contribution is 2.36. The number of benzene rings is 2. The molecule has 0 saturated heterocycles. The van der Waals surface area contributed by atoms with Crippen molar-refractivity contribution in [2.75, 3.05) is 17.2 Å². The van der Waals surface area contributed by atoms with Crippen molar-refractivity contribution in [3.8, 4) is 0 Å². The molecular formula is C29H29F3N6O5. The van der Waals surface area contributed by atoms with E-state index in [4.69, 9.17) is 4.74 Å². The number of carbonyl (C=O) groups excluding carboxylic acids is 2. The fourth-order valence-corrected chi connectivity index (χ4v) is 4.63. The Labute approximate surface area is 244 Å². The minimum absolute atomic E-state index is 0.00505. The molecule has 5 rings (SSSR count). The zero-order valence-electron chi connectivity index (χ0n) is 22.9. The summed E-state index contributed by atoms with van der Waals surface area (Å²) in [5.74, 6) is -2.07. The van der Waals surface area contributed by atoms with Crippen molar-refractivity contribution in [3.05, 3.63) is 77.0 Å². The molecular weight excluding hydrogens is 569 g/mol. The quantitative estimate of drug-likeness (QED) is 0.266. The zero-order chi connectivity index (χ0) is 30.6. The van der Waals surface area contributed by atoms with Gasteiger partial charge in [-0.1, -0.05) is 36.4 Å². The predicted molar refractivity (Wildman–Crippen MR) is 148 cm³/mol. The standard InChI is InChI=1S/C29H29F3N6O5/c30-29(31,32)22-14-33-27(37-25(22)34-20-8-9-20)35-21-7-6-19-15-38(11-10-18(19)12-21)26(41)23(13-24(39)40)36-28(42)43-16-17-4-2-1-3-5-17/h1-7,12,14,20,23H,8-11,13,15-16H2,(H,36,42)(H,39,40)(H2,33,34,35,37)/t23-/m0/s1. The monoisotopic (exact) mass is 598 g/mol. The number of alkyl carbamates (subject to hydrolysis) is 1. The molecule has 11 nitrogen and oxygen atoms in total. The van der Waals surface area contributed by atoms with Gasteiger partial charge in [0.1, 0.15) is 24.0 Å². The molecule has 43 heavy (non-hydrogen) atoms. The van der Waals surface area contributed by atoms with E-state index in [1.165, 1.54) is 4.90 Å².